The molecule has 0 aromatic heterocycles. The fraction of sp³-hybridized carbons (Fsp3) is 0.533. The second-order valence-corrected chi connectivity index (χ2v) is 5.58. The molecule has 4 N–H and O–H groups in total. The van der Waals surface area contributed by atoms with E-state index < -0.39 is 0 Å². The van der Waals surface area contributed by atoms with E-state index in [1.165, 1.54) is 5.56 Å². The molecule has 122 valence electrons. The lowest BCUT2D eigenvalue weighted by atomic mass is 9.98. The van der Waals surface area contributed by atoms with Crippen LogP contribution >= 0.6 is 0 Å². The molecule has 1 atom stereocenters. The summed E-state index contributed by atoms with van der Waals surface area (Å²) in [5.74, 6) is 0.414. The molecule has 0 unspecified atom stereocenters. The number of hydrogen-bond acceptors (Lipinski definition) is 6. The van der Waals surface area contributed by atoms with E-state index in [0.29, 0.717) is 12.3 Å². The van der Waals surface area contributed by atoms with Crippen LogP contribution in [-0.2, 0) is 17.8 Å². The van der Waals surface area contributed by atoms with Crippen molar-refractivity contribution in [2.75, 3.05) is 26.7 Å². The van der Waals surface area contributed by atoms with Gasteiger partial charge in [-0.2, -0.15) is 5.48 Å². The van der Waals surface area contributed by atoms with Crippen LogP contribution in [0, 0.1) is 0 Å². The molecule has 0 saturated carbocycles. The highest BCUT2D eigenvalue weighted by molar-refractivity contribution is 5.78. The lowest BCUT2D eigenvalue weighted by Crippen LogP contribution is -2.45. The summed E-state index contributed by atoms with van der Waals surface area (Å²) in [7, 11) is 1.54. The number of ether oxygens (including phenoxy) is 1. The Morgan fingerprint density at radius 3 is 2.91 bits per heavy atom. The van der Waals surface area contributed by atoms with Crippen LogP contribution in [0.25, 0.3) is 0 Å². The molecule has 1 aromatic rings. The van der Waals surface area contributed by atoms with Crippen molar-refractivity contribution in [3.8, 4) is 11.5 Å². The van der Waals surface area contributed by atoms with E-state index in [0.717, 1.165) is 25.1 Å². The quantitative estimate of drug-likeness (QED) is 0.563. The maximum atomic E-state index is 11.4. The summed E-state index contributed by atoms with van der Waals surface area (Å²) >= 11 is 0. The molecule has 2 rings (SSSR count). The third-order valence-corrected chi connectivity index (χ3v) is 3.77. The molecule has 1 aromatic carbocycles. The van der Waals surface area contributed by atoms with Crippen LogP contribution in [0.15, 0.2) is 12.1 Å². The minimum Gasteiger partial charge on any atom is -0.504 e. The number of carbonyl (C=O) groups excluding carboxylic acids is 1. The van der Waals surface area contributed by atoms with E-state index >= 15 is 0 Å². The standard InChI is InChI=1S/C15H23N3O4/c1-10(17-15(20)7-16-21)8-18-4-3-11-6-14(22-2)13(19)5-12(11)9-18/h5-6,10,16,19,21H,3-4,7-9H2,1-2H3,(H,17,20)/t10-/m0/s1. The van der Waals surface area contributed by atoms with Gasteiger partial charge in [0.1, 0.15) is 0 Å². The predicted octanol–water partition coefficient (Wildman–Crippen LogP) is 0.242. The van der Waals surface area contributed by atoms with E-state index in [1.54, 1.807) is 13.2 Å². The van der Waals surface area contributed by atoms with Crippen LogP contribution in [0.4, 0.5) is 0 Å². The Bertz CT molecular complexity index is 536. The van der Waals surface area contributed by atoms with Gasteiger partial charge in [-0.15, -0.1) is 0 Å². The number of carbonyl (C=O) groups is 1. The number of rotatable bonds is 6. The molecular weight excluding hydrogens is 286 g/mol. The van der Waals surface area contributed by atoms with Crippen LogP contribution in [0.2, 0.25) is 0 Å². The van der Waals surface area contributed by atoms with Gasteiger partial charge in [0.15, 0.2) is 11.5 Å². The third-order valence-electron chi connectivity index (χ3n) is 3.77. The molecular formula is C15H23N3O4. The Morgan fingerprint density at radius 2 is 2.23 bits per heavy atom. The summed E-state index contributed by atoms with van der Waals surface area (Å²) in [6.45, 7) is 4.14. The lowest BCUT2D eigenvalue weighted by Gasteiger charge is -2.31. The SMILES string of the molecule is COc1cc2c(cc1O)CN(C[C@H](C)NC(=O)CNO)CC2. The van der Waals surface area contributed by atoms with Crippen LogP contribution < -0.4 is 15.5 Å². The number of phenolic OH excluding ortho intramolecular Hbond substituents is 1. The summed E-state index contributed by atoms with van der Waals surface area (Å²) < 4.78 is 5.13. The molecule has 7 heteroatoms. The van der Waals surface area contributed by atoms with E-state index in [1.807, 2.05) is 18.5 Å². The monoisotopic (exact) mass is 309 g/mol. The highest BCUT2D eigenvalue weighted by atomic mass is 16.5. The Morgan fingerprint density at radius 1 is 1.45 bits per heavy atom. The molecule has 7 nitrogen and oxygen atoms in total. The van der Waals surface area contributed by atoms with E-state index in [-0.39, 0.29) is 24.2 Å². The Hall–Kier alpha value is -1.83. The lowest BCUT2D eigenvalue weighted by molar-refractivity contribution is -0.122. The molecule has 0 spiro atoms. The van der Waals surface area contributed by atoms with Crippen molar-refractivity contribution in [3.63, 3.8) is 0 Å². The zero-order chi connectivity index (χ0) is 16.1. The second kappa shape index (κ2) is 7.44. The number of amides is 1. The number of benzene rings is 1. The minimum absolute atomic E-state index is 0.0192. The van der Waals surface area contributed by atoms with Crippen LogP contribution in [0.3, 0.4) is 0 Å². The normalized spacial score (nSPS) is 16.0. The number of hydrogen-bond donors (Lipinski definition) is 4. The summed E-state index contributed by atoms with van der Waals surface area (Å²) in [5.41, 5.74) is 4.11. The van der Waals surface area contributed by atoms with Crippen molar-refractivity contribution >= 4 is 5.91 Å². The van der Waals surface area contributed by atoms with Gasteiger partial charge >= 0.3 is 0 Å². The number of aromatic hydroxyl groups is 1. The fourth-order valence-electron chi connectivity index (χ4n) is 2.78. The third kappa shape index (κ3) is 4.09. The van der Waals surface area contributed by atoms with Gasteiger partial charge in [0.25, 0.3) is 0 Å². The molecule has 1 aliphatic heterocycles. The molecule has 1 aliphatic rings. The average Bonchev–Trinajstić information content (AvgIpc) is 2.46. The van der Waals surface area contributed by atoms with Crippen molar-refractivity contribution < 1.29 is 19.8 Å². The summed E-state index contributed by atoms with van der Waals surface area (Å²) in [5, 5.41) is 21.2. The van der Waals surface area contributed by atoms with Crippen molar-refractivity contribution in [1.29, 1.82) is 0 Å². The first-order chi connectivity index (χ1) is 10.5. The van der Waals surface area contributed by atoms with E-state index in [4.69, 9.17) is 9.94 Å². The zero-order valence-electron chi connectivity index (χ0n) is 12.9. The number of nitrogens with one attached hydrogen (secondary N) is 2. The largest absolute Gasteiger partial charge is 0.504 e. The molecule has 22 heavy (non-hydrogen) atoms. The first kappa shape index (κ1) is 16.5. The smallest absolute Gasteiger partial charge is 0.236 e. The molecule has 1 amide bonds. The molecule has 0 radical (unpaired) electrons. The maximum Gasteiger partial charge on any atom is 0.236 e. The van der Waals surface area contributed by atoms with Gasteiger partial charge in [0, 0.05) is 25.7 Å². The second-order valence-electron chi connectivity index (χ2n) is 5.58. The van der Waals surface area contributed by atoms with E-state index in [9.17, 15) is 9.90 Å². The van der Waals surface area contributed by atoms with Gasteiger partial charge in [0.05, 0.1) is 13.7 Å². The predicted molar refractivity (Wildman–Crippen MR) is 81.0 cm³/mol. The number of phenols is 1. The van der Waals surface area contributed by atoms with Crippen molar-refractivity contribution in [2.24, 2.45) is 0 Å². The zero-order valence-corrected chi connectivity index (χ0v) is 12.9. The summed E-state index contributed by atoms with van der Waals surface area (Å²) in [6.07, 6.45) is 0.880. The van der Waals surface area contributed by atoms with Gasteiger partial charge in [-0.1, -0.05) is 0 Å². The fourth-order valence-corrected chi connectivity index (χ4v) is 2.78. The Balaban J connectivity index is 1.94. The Labute approximate surface area is 129 Å². The van der Waals surface area contributed by atoms with Gasteiger partial charge in [-0.25, -0.2) is 0 Å². The topological polar surface area (TPSA) is 94.1 Å². The molecule has 0 aliphatic carbocycles. The average molecular weight is 309 g/mol. The van der Waals surface area contributed by atoms with Crippen molar-refractivity contribution in [1.82, 2.24) is 15.7 Å². The number of nitrogens with zero attached hydrogens (tertiary/aromatic N) is 1. The van der Waals surface area contributed by atoms with Gasteiger partial charge < -0.3 is 20.4 Å². The van der Waals surface area contributed by atoms with Gasteiger partial charge in [0.2, 0.25) is 5.91 Å². The van der Waals surface area contributed by atoms with Crippen LogP contribution in [0.5, 0.6) is 11.5 Å². The van der Waals surface area contributed by atoms with Crippen LogP contribution in [0.1, 0.15) is 18.1 Å². The van der Waals surface area contributed by atoms with Gasteiger partial charge in [-0.05, 0) is 36.6 Å². The number of hydroxylamine groups is 1. The first-order valence-electron chi connectivity index (χ1n) is 7.31. The first-order valence-corrected chi connectivity index (χ1v) is 7.31. The molecule has 1 heterocycles. The molecule has 0 fully saturated rings. The summed E-state index contributed by atoms with van der Waals surface area (Å²) in [4.78, 5) is 13.6. The van der Waals surface area contributed by atoms with Crippen molar-refractivity contribution in [2.45, 2.75) is 25.9 Å². The number of fused-ring (bicyclic) bond motifs is 1. The number of methoxy groups -OCH3 is 1. The Kier molecular flexibility index (Phi) is 5.59. The van der Waals surface area contributed by atoms with Gasteiger partial charge in [-0.3, -0.25) is 9.69 Å². The highest BCUT2D eigenvalue weighted by Crippen LogP contribution is 2.32. The van der Waals surface area contributed by atoms with E-state index in [2.05, 4.69) is 10.2 Å². The highest BCUT2D eigenvalue weighted by Gasteiger charge is 2.20. The van der Waals surface area contributed by atoms with Crippen molar-refractivity contribution in [3.05, 3.63) is 23.3 Å². The molecule has 0 bridgehead atoms. The minimum atomic E-state index is -0.241. The summed E-state index contributed by atoms with van der Waals surface area (Å²) in [6, 6.07) is 3.62. The van der Waals surface area contributed by atoms with Crippen LogP contribution in [-0.4, -0.2) is 53.9 Å². The molecule has 0 saturated heterocycles. The maximum absolute atomic E-state index is 11.4.